The fourth-order valence-electron chi connectivity index (χ4n) is 1.26. The minimum Gasteiger partial charge on any atom is -0.486 e. The second-order valence-corrected chi connectivity index (χ2v) is 3.69. The number of hydrogen-bond acceptors (Lipinski definition) is 3. The highest BCUT2D eigenvalue weighted by Gasteiger charge is 2.04. The van der Waals surface area contributed by atoms with Crippen molar-refractivity contribution >= 4 is 17.9 Å². The van der Waals surface area contributed by atoms with Gasteiger partial charge in [0.05, 0.1) is 5.02 Å². The number of carbonyl (C=O) groups is 1. The first-order chi connectivity index (χ1) is 8.19. The van der Waals surface area contributed by atoms with Crippen molar-refractivity contribution in [1.29, 1.82) is 0 Å². The third-order valence-electron chi connectivity index (χ3n) is 2.07. The molecule has 5 heteroatoms. The maximum atomic E-state index is 12.9. The first kappa shape index (κ1) is 11.7. The van der Waals surface area contributed by atoms with E-state index in [0.29, 0.717) is 17.8 Å². The van der Waals surface area contributed by atoms with E-state index in [4.69, 9.17) is 20.8 Å². The van der Waals surface area contributed by atoms with Crippen molar-refractivity contribution in [3.05, 3.63) is 52.7 Å². The van der Waals surface area contributed by atoms with Crippen LogP contribution in [-0.4, -0.2) is 6.29 Å². The number of aldehydes is 1. The number of benzene rings is 1. The Kier molecular flexibility index (Phi) is 3.44. The molecule has 1 aromatic heterocycles. The van der Waals surface area contributed by atoms with Gasteiger partial charge in [0.2, 0.25) is 0 Å². The maximum absolute atomic E-state index is 12.9. The van der Waals surface area contributed by atoms with Crippen LogP contribution in [-0.2, 0) is 6.61 Å². The second kappa shape index (κ2) is 5.01. The van der Waals surface area contributed by atoms with Gasteiger partial charge in [-0.15, -0.1) is 0 Å². The standard InChI is InChI=1S/C12H8ClFO3/c13-11-5-8(3-4-12(11)14)16-7-10-2-1-9(6-15)17-10/h1-6H,7H2. The molecular weight excluding hydrogens is 247 g/mol. The molecule has 0 bridgehead atoms. The summed E-state index contributed by atoms with van der Waals surface area (Å²) in [6.07, 6.45) is 0.609. The van der Waals surface area contributed by atoms with E-state index >= 15 is 0 Å². The van der Waals surface area contributed by atoms with Crippen molar-refractivity contribution in [3.8, 4) is 5.75 Å². The lowest BCUT2D eigenvalue weighted by Gasteiger charge is -2.04. The molecule has 1 aromatic carbocycles. The van der Waals surface area contributed by atoms with Gasteiger partial charge >= 0.3 is 0 Å². The summed E-state index contributed by atoms with van der Waals surface area (Å²) < 4.78 is 23.3. The first-order valence-electron chi connectivity index (χ1n) is 4.81. The molecule has 0 atom stereocenters. The predicted octanol–water partition coefficient (Wildman–Crippen LogP) is 3.46. The Labute approximate surface area is 102 Å². The number of hydrogen-bond donors (Lipinski definition) is 0. The summed E-state index contributed by atoms with van der Waals surface area (Å²) in [6, 6.07) is 7.24. The van der Waals surface area contributed by atoms with Crippen molar-refractivity contribution in [3.63, 3.8) is 0 Å². The van der Waals surface area contributed by atoms with Gasteiger partial charge in [-0.1, -0.05) is 11.6 Å². The number of carbonyl (C=O) groups excluding carboxylic acids is 1. The van der Waals surface area contributed by atoms with Crippen LogP contribution in [0.5, 0.6) is 5.75 Å². The number of ether oxygens (including phenoxy) is 1. The third-order valence-corrected chi connectivity index (χ3v) is 2.36. The van der Waals surface area contributed by atoms with Gasteiger partial charge in [-0.3, -0.25) is 4.79 Å². The van der Waals surface area contributed by atoms with Crippen LogP contribution in [0.2, 0.25) is 5.02 Å². The van der Waals surface area contributed by atoms with E-state index < -0.39 is 5.82 Å². The molecule has 2 rings (SSSR count). The summed E-state index contributed by atoms with van der Waals surface area (Å²) in [5.74, 6) is 0.675. The van der Waals surface area contributed by atoms with Gasteiger partial charge in [0.15, 0.2) is 12.0 Å². The monoisotopic (exact) mass is 254 g/mol. The molecule has 0 spiro atoms. The lowest BCUT2D eigenvalue weighted by Crippen LogP contribution is -1.94. The van der Waals surface area contributed by atoms with E-state index in [-0.39, 0.29) is 17.4 Å². The molecule has 0 N–H and O–H groups in total. The third kappa shape index (κ3) is 2.85. The van der Waals surface area contributed by atoms with E-state index in [9.17, 15) is 9.18 Å². The van der Waals surface area contributed by atoms with Crippen LogP contribution in [0.3, 0.4) is 0 Å². The quantitative estimate of drug-likeness (QED) is 0.785. The first-order valence-corrected chi connectivity index (χ1v) is 5.18. The summed E-state index contributed by atoms with van der Waals surface area (Å²) in [4.78, 5) is 10.4. The Bertz CT molecular complexity index is 536. The molecule has 0 amide bonds. The number of furan rings is 1. The highest BCUT2D eigenvalue weighted by molar-refractivity contribution is 6.30. The van der Waals surface area contributed by atoms with E-state index in [2.05, 4.69) is 0 Å². The lowest BCUT2D eigenvalue weighted by atomic mass is 10.3. The second-order valence-electron chi connectivity index (χ2n) is 3.29. The molecule has 0 saturated carbocycles. The molecule has 1 heterocycles. The molecule has 3 nitrogen and oxygen atoms in total. The molecule has 0 fully saturated rings. The van der Waals surface area contributed by atoms with Crippen molar-refractivity contribution < 1.29 is 18.3 Å². The molecular formula is C12H8ClFO3. The molecule has 0 unspecified atom stereocenters. The Morgan fingerprint density at radius 1 is 1.35 bits per heavy atom. The minimum absolute atomic E-state index is 0.00414. The van der Waals surface area contributed by atoms with Crippen LogP contribution in [0.15, 0.2) is 34.7 Å². The molecule has 17 heavy (non-hydrogen) atoms. The van der Waals surface area contributed by atoms with Crippen LogP contribution < -0.4 is 4.74 Å². The summed E-state index contributed by atoms with van der Waals surface area (Å²) in [7, 11) is 0. The normalized spacial score (nSPS) is 10.2. The molecule has 0 saturated heterocycles. The largest absolute Gasteiger partial charge is 0.486 e. The maximum Gasteiger partial charge on any atom is 0.185 e. The average molecular weight is 255 g/mol. The van der Waals surface area contributed by atoms with Crippen molar-refractivity contribution in [2.45, 2.75) is 6.61 Å². The Morgan fingerprint density at radius 3 is 2.82 bits per heavy atom. The van der Waals surface area contributed by atoms with Gasteiger partial charge < -0.3 is 9.15 Å². The van der Waals surface area contributed by atoms with Gasteiger partial charge in [-0.2, -0.15) is 0 Å². The smallest absolute Gasteiger partial charge is 0.185 e. The topological polar surface area (TPSA) is 39.4 Å². The highest BCUT2D eigenvalue weighted by Crippen LogP contribution is 2.22. The van der Waals surface area contributed by atoms with Gasteiger partial charge in [-0.25, -0.2) is 4.39 Å². The number of rotatable bonds is 4. The molecule has 2 aromatic rings. The summed E-state index contributed by atoms with van der Waals surface area (Å²) in [5.41, 5.74) is 0. The summed E-state index contributed by atoms with van der Waals surface area (Å²) >= 11 is 5.60. The van der Waals surface area contributed by atoms with E-state index in [1.165, 1.54) is 18.2 Å². The van der Waals surface area contributed by atoms with Crippen molar-refractivity contribution in [2.75, 3.05) is 0 Å². The molecule has 88 valence electrons. The average Bonchev–Trinajstić information content (AvgIpc) is 2.79. The zero-order chi connectivity index (χ0) is 12.3. The SMILES string of the molecule is O=Cc1ccc(COc2ccc(F)c(Cl)c2)o1. The Balaban J connectivity index is 2.01. The summed E-state index contributed by atoms with van der Waals surface area (Å²) in [5, 5.41) is -0.00414. The summed E-state index contributed by atoms with van der Waals surface area (Å²) in [6.45, 7) is 0.149. The van der Waals surface area contributed by atoms with Crippen LogP contribution in [0.4, 0.5) is 4.39 Å². The fourth-order valence-corrected chi connectivity index (χ4v) is 1.43. The Morgan fingerprint density at radius 2 is 2.18 bits per heavy atom. The zero-order valence-electron chi connectivity index (χ0n) is 8.65. The van der Waals surface area contributed by atoms with Gasteiger partial charge in [0.1, 0.15) is 23.9 Å². The van der Waals surface area contributed by atoms with E-state index in [1.807, 2.05) is 0 Å². The fraction of sp³-hybridized carbons (Fsp3) is 0.0833. The van der Waals surface area contributed by atoms with Crippen LogP contribution in [0.1, 0.15) is 16.3 Å². The van der Waals surface area contributed by atoms with Crippen molar-refractivity contribution in [2.24, 2.45) is 0 Å². The van der Waals surface area contributed by atoms with Crippen molar-refractivity contribution in [1.82, 2.24) is 0 Å². The lowest BCUT2D eigenvalue weighted by molar-refractivity contribution is 0.109. The molecule has 0 aliphatic heterocycles. The minimum atomic E-state index is -0.500. The van der Waals surface area contributed by atoms with E-state index in [1.54, 1.807) is 12.1 Å². The number of halogens is 2. The molecule has 0 radical (unpaired) electrons. The van der Waals surface area contributed by atoms with Crippen LogP contribution in [0, 0.1) is 5.82 Å². The highest BCUT2D eigenvalue weighted by atomic mass is 35.5. The predicted molar refractivity (Wildman–Crippen MR) is 59.8 cm³/mol. The van der Waals surface area contributed by atoms with Gasteiger partial charge in [0.25, 0.3) is 0 Å². The molecule has 0 aliphatic rings. The molecule has 0 aliphatic carbocycles. The Hall–Kier alpha value is -1.81. The van der Waals surface area contributed by atoms with Crippen LogP contribution in [0.25, 0.3) is 0 Å². The van der Waals surface area contributed by atoms with Gasteiger partial charge in [0, 0.05) is 6.07 Å². The van der Waals surface area contributed by atoms with E-state index in [0.717, 1.165) is 0 Å². The zero-order valence-corrected chi connectivity index (χ0v) is 9.41. The van der Waals surface area contributed by atoms with Gasteiger partial charge in [-0.05, 0) is 24.3 Å². The van der Waals surface area contributed by atoms with Crippen LogP contribution >= 0.6 is 11.6 Å².